The minimum atomic E-state index is -0.774. The number of aromatic amines is 1. The van der Waals surface area contributed by atoms with Gasteiger partial charge in [-0.2, -0.15) is 0 Å². The number of nitrogens with two attached hydrogens (primary N) is 1. The Balaban J connectivity index is 1.94. The number of hydrogen-bond donors (Lipinski definition) is 2. The quantitative estimate of drug-likeness (QED) is 0.413. The largest absolute Gasteiger partial charge is 0.491 e. The first-order valence-corrected chi connectivity index (χ1v) is 11.2. The van der Waals surface area contributed by atoms with Gasteiger partial charge in [0.2, 0.25) is 5.91 Å². The molecular formula is C25H27ClFN3O4. The highest BCUT2D eigenvalue weighted by Crippen LogP contribution is 2.31. The van der Waals surface area contributed by atoms with Crippen LogP contribution in [0, 0.1) is 11.2 Å². The number of ether oxygens (including phenoxy) is 2. The van der Waals surface area contributed by atoms with Crippen LogP contribution in [-0.4, -0.2) is 35.7 Å². The molecule has 1 aromatic heterocycles. The molecule has 0 unspecified atom stereocenters. The van der Waals surface area contributed by atoms with Gasteiger partial charge in [0.15, 0.2) is 0 Å². The molecule has 3 aromatic rings. The van der Waals surface area contributed by atoms with E-state index in [2.05, 4.69) is 9.97 Å². The molecule has 2 aromatic carbocycles. The Morgan fingerprint density at radius 1 is 1.15 bits per heavy atom. The van der Waals surface area contributed by atoms with Crippen LogP contribution in [0.25, 0.3) is 22.6 Å². The Morgan fingerprint density at radius 2 is 1.91 bits per heavy atom. The Labute approximate surface area is 202 Å². The monoisotopic (exact) mass is 487 g/mol. The maximum absolute atomic E-state index is 14.8. The Bertz CT molecular complexity index is 1240. The lowest BCUT2D eigenvalue weighted by Crippen LogP contribution is -2.33. The molecule has 0 spiro atoms. The minimum absolute atomic E-state index is 0.145. The lowest BCUT2D eigenvalue weighted by molar-refractivity contribution is -0.125. The minimum Gasteiger partial charge on any atom is -0.491 e. The molecular weight excluding hydrogens is 461 g/mol. The van der Waals surface area contributed by atoms with E-state index in [1.807, 2.05) is 6.92 Å². The third-order valence-corrected chi connectivity index (χ3v) is 5.59. The molecule has 1 heterocycles. The van der Waals surface area contributed by atoms with E-state index in [1.54, 1.807) is 38.1 Å². The van der Waals surface area contributed by atoms with E-state index >= 15 is 0 Å². The van der Waals surface area contributed by atoms with E-state index in [4.69, 9.17) is 26.8 Å². The van der Waals surface area contributed by atoms with Crippen molar-refractivity contribution in [3.05, 3.63) is 69.2 Å². The van der Waals surface area contributed by atoms with Crippen molar-refractivity contribution in [3.8, 4) is 28.4 Å². The SMILES string of the molecule is CCOCCOc1ccc(-c2cc(=O)[nH]c(-c3cc(CC(C)(C)C(N)=O)ccc3Cl)n2)c(F)c1. The summed E-state index contributed by atoms with van der Waals surface area (Å²) in [7, 11) is 0. The van der Waals surface area contributed by atoms with Crippen LogP contribution in [0.5, 0.6) is 5.75 Å². The van der Waals surface area contributed by atoms with Gasteiger partial charge in [0.05, 0.1) is 17.3 Å². The zero-order valence-corrected chi connectivity index (χ0v) is 20.0. The number of nitrogens with zero attached hydrogens (tertiary/aromatic N) is 1. The van der Waals surface area contributed by atoms with Crippen LogP contribution in [0.1, 0.15) is 26.3 Å². The second-order valence-electron chi connectivity index (χ2n) is 8.41. The van der Waals surface area contributed by atoms with Crippen LogP contribution >= 0.6 is 11.6 Å². The molecule has 7 nitrogen and oxygen atoms in total. The summed E-state index contributed by atoms with van der Waals surface area (Å²) in [5.41, 5.74) is 5.79. The van der Waals surface area contributed by atoms with Crippen molar-refractivity contribution < 1.29 is 18.7 Å². The van der Waals surface area contributed by atoms with Crippen molar-refractivity contribution in [3.63, 3.8) is 0 Å². The third-order valence-electron chi connectivity index (χ3n) is 5.26. The fraction of sp³-hybridized carbons (Fsp3) is 0.320. The van der Waals surface area contributed by atoms with E-state index < -0.39 is 22.7 Å². The summed E-state index contributed by atoms with van der Waals surface area (Å²) in [5, 5.41) is 0.347. The standard InChI is InChI=1S/C25H27ClFN3O4/c1-4-33-9-10-34-16-6-7-17(20(27)12-16)21-13-22(31)30-23(29-21)18-11-15(5-8-19(18)26)14-25(2,3)24(28)32/h5-8,11-13H,4,9-10,14H2,1-3H3,(H2,28,32)(H,29,30,31). The molecule has 0 aliphatic rings. The van der Waals surface area contributed by atoms with Crippen molar-refractivity contribution >= 4 is 17.5 Å². The summed E-state index contributed by atoms with van der Waals surface area (Å²) in [5.74, 6) is -0.485. The molecule has 9 heteroatoms. The van der Waals surface area contributed by atoms with Crippen molar-refractivity contribution in [1.29, 1.82) is 0 Å². The summed E-state index contributed by atoms with van der Waals surface area (Å²) < 4.78 is 25.5. The number of aromatic nitrogens is 2. The van der Waals surface area contributed by atoms with Gasteiger partial charge >= 0.3 is 0 Å². The zero-order valence-electron chi connectivity index (χ0n) is 19.3. The Morgan fingerprint density at radius 3 is 2.59 bits per heavy atom. The molecule has 34 heavy (non-hydrogen) atoms. The molecule has 0 atom stereocenters. The molecule has 0 bridgehead atoms. The molecule has 3 N–H and O–H groups in total. The number of halogens is 2. The maximum atomic E-state index is 14.8. The number of primary amides is 1. The number of amides is 1. The smallest absolute Gasteiger partial charge is 0.251 e. The van der Waals surface area contributed by atoms with Gasteiger partial charge in [-0.25, -0.2) is 9.37 Å². The predicted octanol–water partition coefficient (Wildman–Crippen LogP) is 4.37. The van der Waals surface area contributed by atoms with E-state index in [-0.39, 0.29) is 17.1 Å². The molecule has 0 fully saturated rings. The highest BCUT2D eigenvalue weighted by atomic mass is 35.5. The van der Waals surface area contributed by atoms with Gasteiger partial charge in [-0.3, -0.25) is 9.59 Å². The van der Waals surface area contributed by atoms with Gasteiger partial charge in [0, 0.05) is 35.3 Å². The van der Waals surface area contributed by atoms with E-state index in [1.165, 1.54) is 18.2 Å². The number of H-pyrrole nitrogens is 1. The van der Waals surface area contributed by atoms with Crippen LogP contribution in [0.15, 0.2) is 47.3 Å². The fourth-order valence-corrected chi connectivity index (χ4v) is 3.55. The van der Waals surface area contributed by atoms with Crippen LogP contribution in [0.2, 0.25) is 5.02 Å². The molecule has 0 aliphatic carbocycles. The van der Waals surface area contributed by atoms with Gasteiger partial charge < -0.3 is 20.2 Å². The normalized spacial score (nSPS) is 11.4. The summed E-state index contributed by atoms with van der Waals surface area (Å²) >= 11 is 6.38. The summed E-state index contributed by atoms with van der Waals surface area (Å²) in [6.45, 7) is 6.64. The van der Waals surface area contributed by atoms with Gasteiger partial charge in [-0.15, -0.1) is 0 Å². The Kier molecular flexibility index (Phi) is 8.06. The number of benzene rings is 2. The van der Waals surface area contributed by atoms with Crippen LogP contribution < -0.4 is 16.0 Å². The van der Waals surface area contributed by atoms with E-state index in [0.717, 1.165) is 5.56 Å². The highest BCUT2D eigenvalue weighted by Gasteiger charge is 2.25. The summed E-state index contributed by atoms with van der Waals surface area (Å²) in [4.78, 5) is 31.2. The predicted molar refractivity (Wildman–Crippen MR) is 129 cm³/mol. The first kappa shape index (κ1) is 25.4. The van der Waals surface area contributed by atoms with Crippen molar-refractivity contribution in [2.24, 2.45) is 11.1 Å². The average Bonchev–Trinajstić information content (AvgIpc) is 2.77. The molecule has 0 radical (unpaired) electrons. The van der Waals surface area contributed by atoms with E-state index in [9.17, 15) is 14.0 Å². The summed E-state index contributed by atoms with van der Waals surface area (Å²) in [6.07, 6.45) is 0.371. The van der Waals surface area contributed by atoms with Gasteiger partial charge in [0.1, 0.15) is 24.0 Å². The fourth-order valence-electron chi connectivity index (χ4n) is 3.34. The van der Waals surface area contributed by atoms with E-state index in [0.29, 0.717) is 42.6 Å². The lowest BCUT2D eigenvalue weighted by Gasteiger charge is -2.20. The number of carbonyl (C=O) groups is 1. The summed E-state index contributed by atoms with van der Waals surface area (Å²) in [6, 6.07) is 10.7. The van der Waals surface area contributed by atoms with Crippen molar-refractivity contribution in [2.45, 2.75) is 27.2 Å². The number of nitrogens with one attached hydrogen (secondary N) is 1. The molecule has 0 saturated carbocycles. The van der Waals surface area contributed by atoms with Gasteiger partial charge in [-0.05, 0) is 43.2 Å². The second-order valence-corrected chi connectivity index (χ2v) is 8.81. The number of rotatable bonds is 10. The molecule has 1 amide bonds. The molecule has 0 saturated heterocycles. The molecule has 3 rings (SSSR count). The first-order valence-electron chi connectivity index (χ1n) is 10.8. The van der Waals surface area contributed by atoms with Crippen LogP contribution in [0.3, 0.4) is 0 Å². The number of carbonyl (C=O) groups excluding carboxylic acids is 1. The average molecular weight is 488 g/mol. The molecule has 180 valence electrons. The highest BCUT2D eigenvalue weighted by molar-refractivity contribution is 6.33. The van der Waals surface area contributed by atoms with Crippen LogP contribution in [0.4, 0.5) is 4.39 Å². The topological polar surface area (TPSA) is 107 Å². The van der Waals surface area contributed by atoms with Gasteiger partial charge in [-0.1, -0.05) is 31.5 Å². The Hall–Kier alpha value is -3.23. The van der Waals surface area contributed by atoms with Crippen LogP contribution in [-0.2, 0) is 16.0 Å². The second kappa shape index (κ2) is 10.8. The van der Waals surface area contributed by atoms with Crippen molar-refractivity contribution in [2.75, 3.05) is 19.8 Å². The lowest BCUT2D eigenvalue weighted by atomic mass is 9.85. The maximum Gasteiger partial charge on any atom is 0.251 e. The third kappa shape index (κ3) is 6.21. The number of hydrogen-bond acceptors (Lipinski definition) is 5. The van der Waals surface area contributed by atoms with Gasteiger partial charge in [0.25, 0.3) is 5.56 Å². The molecule has 0 aliphatic heterocycles. The van der Waals surface area contributed by atoms with Crippen molar-refractivity contribution in [1.82, 2.24) is 9.97 Å². The first-order chi connectivity index (χ1) is 16.1. The zero-order chi connectivity index (χ0) is 24.9.